The van der Waals surface area contributed by atoms with E-state index in [1.165, 1.54) is 22.7 Å². The molecule has 1 aromatic rings. The predicted molar refractivity (Wildman–Crippen MR) is 74.1 cm³/mol. The van der Waals surface area contributed by atoms with Gasteiger partial charge in [-0.05, 0) is 31.3 Å². The first-order chi connectivity index (χ1) is 8.88. The summed E-state index contributed by atoms with van der Waals surface area (Å²) < 4.78 is 51.8. The summed E-state index contributed by atoms with van der Waals surface area (Å²) in [5.74, 6) is 0. The maximum absolute atomic E-state index is 12.2. The van der Waals surface area contributed by atoms with Gasteiger partial charge in [0.15, 0.2) is 0 Å². The summed E-state index contributed by atoms with van der Waals surface area (Å²) in [6.07, 6.45) is 0.654. The van der Waals surface area contributed by atoms with E-state index in [1.54, 1.807) is 17.5 Å². The van der Waals surface area contributed by atoms with Crippen LogP contribution in [0.2, 0.25) is 0 Å². The van der Waals surface area contributed by atoms with Gasteiger partial charge in [0.25, 0.3) is 10.0 Å². The average Bonchev–Trinajstić information content (AvgIpc) is 2.93. The van der Waals surface area contributed by atoms with Gasteiger partial charge >= 0.3 is 0 Å². The molecule has 108 valence electrons. The normalized spacial score (nSPS) is 19.6. The molecule has 0 saturated carbocycles. The van der Waals surface area contributed by atoms with Crippen molar-refractivity contribution in [1.82, 2.24) is 9.03 Å². The van der Waals surface area contributed by atoms with Crippen molar-refractivity contribution in [2.45, 2.75) is 22.3 Å². The molecule has 0 aromatic carbocycles. The van der Waals surface area contributed by atoms with E-state index in [4.69, 9.17) is 0 Å². The van der Waals surface area contributed by atoms with Crippen molar-refractivity contribution in [3.8, 4) is 0 Å². The molecule has 0 bridgehead atoms. The molecule has 1 aliphatic rings. The molecule has 0 atom stereocenters. The van der Waals surface area contributed by atoms with E-state index >= 15 is 0 Å². The van der Waals surface area contributed by atoms with Gasteiger partial charge in [-0.15, -0.1) is 11.3 Å². The van der Waals surface area contributed by atoms with E-state index in [-0.39, 0.29) is 13.1 Å². The number of hydrogen-bond donors (Lipinski definition) is 1. The average molecular weight is 324 g/mol. The Bertz CT molecular complexity index is 614. The largest absolute Gasteiger partial charge is 0.252 e. The van der Waals surface area contributed by atoms with Crippen LogP contribution >= 0.6 is 11.3 Å². The third-order valence-corrected chi connectivity index (χ3v) is 8.40. The summed E-state index contributed by atoms with van der Waals surface area (Å²) in [7, 11) is -5.39. The minimum Gasteiger partial charge on any atom is -0.218 e. The molecule has 1 saturated heterocycles. The van der Waals surface area contributed by atoms with Crippen molar-refractivity contribution in [3.63, 3.8) is 0 Å². The maximum Gasteiger partial charge on any atom is 0.252 e. The topological polar surface area (TPSA) is 83.6 Å². The van der Waals surface area contributed by atoms with Gasteiger partial charge in [0.1, 0.15) is 4.21 Å². The van der Waals surface area contributed by atoms with Crippen LogP contribution in [0, 0.1) is 0 Å². The summed E-state index contributed by atoms with van der Waals surface area (Å²) in [6.45, 7) is 0.484. The van der Waals surface area contributed by atoms with Gasteiger partial charge in [-0.3, -0.25) is 0 Å². The molecule has 0 unspecified atom stereocenters. The Labute approximate surface area is 117 Å². The van der Waals surface area contributed by atoms with Crippen LogP contribution in [0.25, 0.3) is 0 Å². The first-order valence-corrected chi connectivity index (χ1v) is 9.70. The highest BCUT2D eigenvalue weighted by molar-refractivity contribution is 7.91. The third-order valence-electron chi connectivity index (χ3n) is 3.21. The van der Waals surface area contributed by atoms with E-state index in [0.29, 0.717) is 17.1 Å². The highest BCUT2D eigenvalue weighted by atomic mass is 32.2. The van der Waals surface area contributed by atoms with E-state index in [1.807, 2.05) is 0 Å². The molecule has 2 heterocycles. The summed E-state index contributed by atoms with van der Waals surface area (Å²) in [6, 6.07) is 3.26. The molecule has 1 N–H and O–H groups in total. The number of nitrogens with one attached hydrogen (secondary N) is 1. The second-order valence-electron chi connectivity index (χ2n) is 4.28. The zero-order chi connectivity index (χ0) is 14.1. The van der Waals surface area contributed by atoms with Crippen molar-refractivity contribution in [2.75, 3.05) is 20.1 Å². The van der Waals surface area contributed by atoms with Gasteiger partial charge in [0, 0.05) is 13.1 Å². The minimum absolute atomic E-state index is 0.242. The van der Waals surface area contributed by atoms with Crippen LogP contribution in [0.15, 0.2) is 21.7 Å². The lowest BCUT2D eigenvalue weighted by Gasteiger charge is -2.30. The predicted octanol–water partition coefficient (Wildman–Crippen LogP) is 0.450. The van der Waals surface area contributed by atoms with Crippen molar-refractivity contribution >= 4 is 31.4 Å². The fraction of sp³-hybridized carbons (Fsp3) is 0.600. The first kappa shape index (κ1) is 14.9. The molecule has 1 aromatic heterocycles. The molecule has 2 rings (SSSR count). The monoisotopic (exact) mass is 324 g/mol. The van der Waals surface area contributed by atoms with Gasteiger partial charge < -0.3 is 0 Å². The van der Waals surface area contributed by atoms with E-state index in [0.717, 1.165) is 0 Å². The summed E-state index contributed by atoms with van der Waals surface area (Å²) in [5.41, 5.74) is 0. The third kappa shape index (κ3) is 3.00. The highest BCUT2D eigenvalue weighted by Gasteiger charge is 2.34. The Kier molecular flexibility index (Phi) is 4.31. The molecule has 1 aliphatic heterocycles. The molecule has 1 fully saturated rings. The van der Waals surface area contributed by atoms with Crippen LogP contribution in [-0.4, -0.2) is 46.5 Å². The zero-order valence-electron chi connectivity index (χ0n) is 10.4. The van der Waals surface area contributed by atoms with Crippen LogP contribution in [0.3, 0.4) is 0 Å². The van der Waals surface area contributed by atoms with Crippen molar-refractivity contribution in [1.29, 1.82) is 0 Å². The Balaban J connectivity index is 2.09. The number of hydrogen-bond acceptors (Lipinski definition) is 5. The van der Waals surface area contributed by atoms with Gasteiger partial charge in [-0.1, -0.05) is 6.07 Å². The summed E-state index contributed by atoms with van der Waals surface area (Å²) in [4.78, 5) is 0. The smallest absolute Gasteiger partial charge is 0.218 e. The Morgan fingerprint density at radius 3 is 2.37 bits per heavy atom. The van der Waals surface area contributed by atoms with Crippen LogP contribution in [-0.2, 0) is 20.0 Å². The number of rotatable bonds is 4. The SMILES string of the molecule is CNS(=O)(=O)C1CCN(S(=O)(=O)c2cccs2)CC1. The first-order valence-electron chi connectivity index (χ1n) is 5.84. The zero-order valence-corrected chi connectivity index (χ0v) is 12.9. The van der Waals surface area contributed by atoms with Crippen LogP contribution < -0.4 is 4.72 Å². The molecule has 0 spiro atoms. The van der Waals surface area contributed by atoms with Crippen molar-refractivity contribution in [3.05, 3.63) is 17.5 Å². The molecule has 19 heavy (non-hydrogen) atoms. The number of sulfonamides is 2. The van der Waals surface area contributed by atoms with E-state index < -0.39 is 25.3 Å². The standard InChI is InChI=1S/C10H16N2O4S3/c1-11-18(13,14)9-4-6-12(7-5-9)19(15,16)10-3-2-8-17-10/h2-3,8-9,11H,4-7H2,1H3. The van der Waals surface area contributed by atoms with Crippen LogP contribution in [0.4, 0.5) is 0 Å². The molecule has 9 heteroatoms. The Morgan fingerprint density at radius 2 is 1.89 bits per heavy atom. The number of piperidine rings is 1. The second-order valence-corrected chi connectivity index (χ2v) is 9.56. The molecular weight excluding hydrogens is 308 g/mol. The van der Waals surface area contributed by atoms with E-state index in [9.17, 15) is 16.8 Å². The maximum atomic E-state index is 12.2. The summed E-state index contributed by atoms with van der Waals surface area (Å²) >= 11 is 1.17. The van der Waals surface area contributed by atoms with Gasteiger partial charge in [-0.2, -0.15) is 4.31 Å². The Hall–Kier alpha value is -0.480. The van der Waals surface area contributed by atoms with Crippen molar-refractivity contribution < 1.29 is 16.8 Å². The molecule has 6 nitrogen and oxygen atoms in total. The lowest BCUT2D eigenvalue weighted by molar-refractivity contribution is 0.345. The lowest BCUT2D eigenvalue weighted by Crippen LogP contribution is -2.44. The minimum atomic E-state index is -3.46. The molecule has 0 aliphatic carbocycles. The molecule has 0 amide bonds. The Morgan fingerprint density at radius 1 is 1.26 bits per heavy atom. The van der Waals surface area contributed by atoms with Crippen LogP contribution in [0.5, 0.6) is 0 Å². The fourth-order valence-corrected chi connectivity index (χ4v) is 5.87. The quantitative estimate of drug-likeness (QED) is 0.871. The summed E-state index contributed by atoms with van der Waals surface area (Å²) in [5, 5.41) is 1.21. The highest BCUT2D eigenvalue weighted by Crippen LogP contribution is 2.25. The molecular formula is C10H16N2O4S3. The van der Waals surface area contributed by atoms with Gasteiger partial charge in [0.2, 0.25) is 10.0 Å². The fourth-order valence-electron chi connectivity index (χ4n) is 2.09. The lowest BCUT2D eigenvalue weighted by atomic mass is 10.2. The molecule has 0 radical (unpaired) electrons. The van der Waals surface area contributed by atoms with Crippen molar-refractivity contribution in [2.24, 2.45) is 0 Å². The number of thiophene rings is 1. The second kappa shape index (κ2) is 5.49. The van der Waals surface area contributed by atoms with Crippen LogP contribution in [0.1, 0.15) is 12.8 Å². The van der Waals surface area contributed by atoms with Gasteiger partial charge in [0.05, 0.1) is 5.25 Å². The van der Waals surface area contributed by atoms with Gasteiger partial charge in [-0.25, -0.2) is 21.6 Å². The number of nitrogens with zero attached hydrogens (tertiary/aromatic N) is 1. The van der Waals surface area contributed by atoms with E-state index in [2.05, 4.69) is 4.72 Å².